The molecule has 7 heteroatoms. The van der Waals surface area contributed by atoms with Crippen molar-refractivity contribution in [2.75, 3.05) is 0 Å². The van der Waals surface area contributed by atoms with Crippen LogP contribution in [0.2, 0.25) is 0 Å². The van der Waals surface area contributed by atoms with Gasteiger partial charge in [-0.3, -0.25) is 9.89 Å². The van der Waals surface area contributed by atoms with Gasteiger partial charge >= 0.3 is 0 Å². The van der Waals surface area contributed by atoms with E-state index in [4.69, 9.17) is 4.42 Å². The summed E-state index contributed by atoms with van der Waals surface area (Å²) in [4.78, 5) is 12.4. The van der Waals surface area contributed by atoms with Crippen molar-refractivity contribution in [3.8, 4) is 0 Å². The lowest BCUT2D eigenvalue weighted by Crippen LogP contribution is -2.24. The number of carbonyl (C=O) groups is 1. The Hall–Kier alpha value is -2.18. The van der Waals surface area contributed by atoms with E-state index in [1.165, 1.54) is 19.3 Å². The summed E-state index contributed by atoms with van der Waals surface area (Å²) in [6, 6.07) is 0. The molecule has 2 N–H and O–H groups in total. The van der Waals surface area contributed by atoms with E-state index in [1.54, 1.807) is 6.20 Å². The van der Waals surface area contributed by atoms with Crippen molar-refractivity contribution in [3.63, 3.8) is 0 Å². The number of hydrogen-bond donors (Lipinski definition) is 2. The van der Waals surface area contributed by atoms with Crippen LogP contribution in [0.3, 0.4) is 0 Å². The Labute approximate surface area is 128 Å². The fourth-order valence-corrected chi connectivity index (χ4v) is 2.93. The van der Waals surface area contributed by atoms with Crippen molar-refractivity contribution >= 4 is 5.91 Å². The number of amides is 1. The van der Waals surface area contributed by atoms with Gasteiger partial charge in [-0.1, -0.05) is 26.2 Å². The van der Waals surface area contributed by atoms with Crippen LogP contribution in [-0.2, 0) is 13.0 Å². The van der Waals surface area contributed by atoms with Crippen LogP contribution in [0.1, 0.15) is 72.8 Å². The standard InChI is InChI=1S/C15H21N5O2/c1-2-12-18-19-13(22-12)9-16-15(21)11-8-17-20-14(11)10-6-4-3-5-7-10/h8,10H,2-7,9H2,1H3,(H,16,21)(H,17,20). The van der Waals surface area contributed by atoms with Gasteiger partial charge in [-0.05, 0) is 12.8 Å². The van der Waals surface area contributed by atoms with Crippen molar-refractivity contribution in [2.24, 2.45) is 0 Å². The predicted octanol–water partition coefficient (Wildman–Crippen LogP) is 2.33. The highest BCUT2D eigenvalue weighted by atomic mass is 16.4. The third-order valence-corrected chi connectivity index (χ3v) is 4.14. The minimum atomic E-state index is -0.148. The molecule has 0 radical (unpaired) electrons. The fourth-order valence-electron chi connectivity index (χ4n) is 2.93. The summed E-state index contributed by atoms with van der Waals surface area (Å²) in [5.74, 6) is 1.26. The average molecular weight is 303 g/mol. The maximum atomic E-state index is 12.4. The molecule has 0 bridgehead atoms. The number of nitrogens with zero attached hydrogens (tertiary/aromatic N) is 3. The molecular weight excluding hydrogens is 282 g/mol. The van der Waals surface area contributed by atoms with Gasteiger partial charge in [0.05, 0.1) is 24.0 Å². The maximum Gasteiger partial charge on any atom is 0.255 e. The van der Waals surface area contributed by atoms with Gasteiger partial charge in [-0.2, -0.15) is 5.10 Å². The highest BCUT2D eigenvalue weighted by molar-refractivity contribution is 5.95. The Kier molecular flexibility index (Phi) is 4.50. The van der Waals surface area contributed by atoms with Crippen LogP contribution in [0.5, 0.6) is 0 Å². The Morgan fingerprint density at radius 3 is 2.82 bits per heavy atom. The first kappa shape index (κ1) is 14.7. The van der Waals surface area contributed by atoms with Gasteiger partial charge in [0.2, 0.25) is 11.8 Å². The second kappa shape index (κ2) is 6.72. The van der Waals surface area contributed by atoms with Crippen molar-refractivity contribution in [1.29, 1.82) is 0 Å². The molecule has 0 aromatic carbocycles. The molecule has 0 atom stereocenters. The molecule has 2 aromatic rings. The van der Waals surface area contributed by atoms with Crippen molar-refractivity contribution < 1.29 is 9.21 Å². The van der Waals surface area contributed by atoms with E-state index in [2.05, 4.69) is 25.7 Å². The van der Waals surface area contributed by atoms with Gasteiger partial charge in [-0.15, -0.1) is 10.2 Å². The van der Waals surface area contributed by atoms with Crippen molar-refractivity contribution in [3.05, 3.63) is 29.2 Å². The van der Waals surface area contributed by atoms with E-state index in [0.717, 1.165) is 18.5 Å². The average Bonchev–Trinajstić information content (AvgIpc) is 3.22. The summed E-state index contributed by atoms with van der Waals surface area (Å²) in [6.45, 7) is 2.18. The summed E-state index contributed by atoms with van der Waals surface area (Å²) in [7, 11) is 0. The molecular formula is C15H21N5O2. The molecule has 3 rings (SSSR count). The van der Waals surface area contributed by atoms with Gasteiger partial charge in [0.1, 0.15) is 0 Å². The number of aromatic nitrogens is 4. The maximum absolute atomic E-state index is 12.4. The molecule has 118 valence electrons. The van der Waals surface area contributed by atoms with Crippen LogP contribution in [0.15, 0.2) is 10.6 Å². The quantitative estimate of drug-likeness (QED) is 0.883. The number of carbonyl (C=O) groups excluding carboxylic acids is 1. The minimum Gasteiger partial charge on any atom is -0.423 e. The molecule has 0 spiro atoms. The van der Waals surface area contributed by atoms with E-state index < -0.39 is 0 Å². The fraction of sp³-hybridized carbons (Fsp3) is 0.600. The minimum absolute atomic E-state index is 0.148. The Morgan fingerprint density at radius 2 is 2.09 bits per heavy atom. The Morgan fingerprint density at radius 1 is 1.32 bits per heavy atom. The van der Waals surface area contributed by atoms with E-state index in [0.29, 0.717) is 29.7 Å². The number of H-pyrrole nitrogens is 1. The summed E-state index contributed by atoms with van der Waals surface area (Å²) in [5.41, 5.74) is 1.58. The number of aromatic amines is 1. The normalized spacial score (nSPS) is 15.9. The molecule has 1 saturated carbocycles. The second-order valence-electron chi connectivity index (χ2n) is 5.66. The summed E-state index contributed by atoms with van der Waals surface area (Å²) in [6.07, 6.45) is 8.24. The zero-order valence-electron chi connectivity index (χ0n) is 12.8. The van der Waals surface area contributed by atoms with Gasteiger partial charge < -0.3 is 9.73 Å². The first-order valence-electron chi connectivity index (χ1n) is 7.90. The molecule has 1 fully saturated rings. The lowest BCUT2D eigenvalue weighted by molar-refractivity contribution is 0.0945. The number of rotatable bonds is 5. The van der Waals surface area contributed by atoms with Crippen LogP contribution in [0, 0.1) is 0 Å². The third kappa shape index (κ3) is 3.18. The van der Waals surface area contributed by atoms with Crippen LogP contribution >= 0.6 is 0 Å². The molecule has 2 aromatic heterocycles. The molecule has 1 aliphatic carbocycles. The van der Waals surface area contributed by atoms with Crippen LogP contribution in [-0.4, -0.2) is 26.3 Å². The van der Waals surface area contributed by atoms with Gasteiger partial charge in [0.25, 0.3) is 5.91 Å². The van der Waals surface area contributed by atoms with Gasteiger partial charge in [0.15, 0.2) is 0 Å². The molecule has 0 unspecified atom stereocenters. The molecule has 2 heterocycles. The SMILES string of the molecule is CCc1nnc(CNC(=O)c2cn[nH]c2C2CCCCC2)o1. The first-order valence-corrected chi connectivity index (χ1v) is 7.90. The zero-order valence-corrected chi connectivity index (χ0v) is 12.8. The smallest absolute Gasteiger partial charge is 0.255 e. The van der Waals surface area contributed by atoms with Crippen LogP contribution < -0.4 is 5.32 Å². The summed E-state index contributed by atoms with van der Waals surface area (Å²) in [5, 5.41) is 17.7. The topological polar surface area (TPSA) is 96.7 Å². The zero-order chi connectivity index (χ0) is 15.4. The second-order valence-corrected chi connectivity index (χ2v) is 5.66. The summed E-state index contributed by atoms with van der Waals surface area (Å²) < 4.78 is 5.39. The van der Waals surface area contributed by atoms with Crippen molar-refractivity contribution in [2.45, 2.75) is 57.9 Å². The highest BCUT2D eigenvalue weighted by Gasteiger charge is 2.23. The number of nitrogens with one attached hydrogen (secondary N) is 2. The number of hydrogen-bond acceptors (Lipinski definition) is 5. The Balaban J connectivity index is 1.63. The summed E-state index contributed by atoms with van der Waals surface area (Å²) >= 11 is 0. The highest BCUT2D eigenvalue weighted by Crippen LogP contribution is 2.33. The van der Waals surface area contributed by atoms with E-state index >= 15 is 0 Å². The molecule has 0 saturated heterocycles. The largest absolute Gasteiger partial charge is 0.423 e. The monoisotopic (exact) mass is 303 g/mol. The first-order chi connectivity index (χ1) is 10.8. The van der Waals surface area contributed by atoms with Gasteiger partial charge in [0, 0.05) is 12.3 Å². The van der Waals surface area contributed by atoms with Crippen LogP contribution in [0.25, 0.3) is 0 Å². The van der Waals surface area contributed by atoms with Crippen molar-refractivity contribution in [1.82, 2.24) is 25.7 Å². The Bertz CT molecular complexity index is 627. The van der Waals surface area contributed by atoms with Gasteiger partial charge in [-0.25, -0.2) is 0 Å². The predicted molar refractivity (Wildman–Crippen MR) is 79.3 cm³/mol. The van der Waals surface area contributed by atoms with E-state index in [9.17, 15) is 4.79 Å². The van der Waals surface area contributed by atoms with E-state index in [1.807, 2.05) is 6.92 Å². The molecule has 7 nitrogen and oxygen atoms in total. The number of aryl methyl sites for hydroxylation is 1. The molecule has 0 aliphatic heterocycles. The molecule has 1 aliphatic rings. The molecule has 1 amide bonds. The molecule has 22 heavy (non-hydrogen) atoms. The van der Waals surface area contributed by atoms with Crippen LogP contribution in [0.4, 0.5) is 0 Å². The third-order valence-electron chi connectivity index (χ3n) is 4.14. The lowest BCUT2D eigenvalue weighted by atomic mass is 9.85. The van der Waals surface area contributed by atoms with E-state index in [-0.39, 0.29) is 12.5 Å². The lowest BCUT2D eigenvalue weighted by Gasteiger charge is -2.21.